The van der Waals surface area contributed by atoms with Gasteiger partial charge in [0.2, 0.25) is 0 Å². The molecule has 0 aliphatic carbocycles. The van der Waals surface area contributed by atoms with E-state index in [2.05, 4.69) is 20.4 Å². The summed E-state index contributed by atoms with van der Waals surface area (Å²) in [5.41, 5.74) is 0.932. The highest BCUT2D eigenvalue weighted by Crippen LogP contribution is 2.31. The second kappa shape index (κ2) is 6.55. The van der Waals surface area contributed by atoms with Gasteiger partial charge in [0.05, 0.1) is 27.9 Å². The molecule has 2 aromatic carbocycles. The van der Waals surface area contributed by atoms with E-state index in [1.165, 1.54) is 18.5 Å². The Morgan fingerprint density at radius 1 is 0.963 bits per heavy atom. The minimum absolute atomic E-state index is 0.429. The van der Waals surface area contributed by atoms with Gasteiger partial charge in [-0.2, -0.15) is 18.3 Å². The summed E-state index contributed by atoms with van der Waals surface area (Å²) < 4.78 is 39.6. The fraction of sp³-hybridized carbons (Fsp3) is 0.0556. The number of aromatic nitrogens is 4. The molecule has 4 rings (SSSR count). The van der Waals surface area contributed by atoms with Crippen LogP contribution >= 0.6 is 11.6 Å². The van der Waals surface area contributed by atoms with Crippen LogP contribution in [0.5, 0.6) is 0 Å². The molecular formula is C18H11ClF3N5. The third kappa shape index (κ3) is 3.31. The molecule has 0 radical (unpaired) electrons. The number of fused-ring (bicyclic) bond motifs is 1. The standard InChI is InChI=1S/C18H11ClF3N5/c19-14-3-1-2-4-15(14)27-17-13(9-25-27)16(23-10-24-17)26-12-7-5-11(6-8-12)18(20,21)22/h1-10H,(H,23,24,26). The Labute approximate surface area is 156 Å². The Hall–Kier alpha value is -3.13. The number of anilines is 2. The number of rotatable bonds is 3. The lowest BCUT2D eigenvalue weighted by Crippen LogP contribution is -2.04. The topological polar surface area (TPSA) is 55.6 Å². The molecule has 0 fully saturated rings. The molecule has 0 bridgehead atoms. The molecule has 0 unspecified atom stereocenters. The van der Waals surface area contributed by atoms with Gasteiger partial charge in [-0.25, -0.2) is 14.6 Å². The molecular weight excluding hydrogens is 379 g/mol. The van der Waals surface area contributed by atoms with Gasteiger partial charge >= 0.3 is 6.18 Å². The minimum atomic E-state index is -4.38. The van der Waals surface area contributed by atoms with Gasteiger partial charge in [-0.05, 0) is 36.4 Å². The second-order valence-electron chi connectivity index (χ2n) is 5.67. The number of halogens is 4. The third-order valence-electron chi connectivity index (χ3n) is 3.92. The summed E-state index contributed by atoms with van der Waals surface area (Å²) in [6.45, 7) is 0. The van der Waals surface area contributed by atoms with Crippen molar-refractivity contribution >= 4 is 34.1 Å². The van der Waals surface area contributed by atoms with Crippen LogP contribution in [0.1, 0.15) is 5.56 Å². The van der Waals surface area contributed by atoms with Gasteiger partial charge in [0.1, 0.15) is 12.1 Å². The number of alkyl halides is 3. The summed E-state index contributed by atoms with van der Waals surface area (Å²) in [5.74, 6) is 0.429. The molecule has 0 aliphatic rings. The molecule has 0 saturated carbocycles. The van der Waals surface area contributed by atoms with E-state index in [4.69, 9.17) is 11.6 Å². The van der Waals surface area contributed by atoms with Crippen LogP contribution in [0, 0.1) is 0 Å². The fourth-order valence-electron chi connectivity index (χ4n) is 2.62. The lowest BCUT2D eigenvalue weighted by Gasteiger charge is -2.10. The van der Waals surface area contributed by atoms with E-state index in [0.717, 1.165) is 12.1 Å². The number of nitrogens with zero attached hydrogens (tertiary/aromatic N) is 4. The van der Waals surface area contributed by atoms with Crippen LogP contribution in [0.2, 0.25) is 5.02 Å². The summed E-state index contributed by atoms with van der Waals surface area (Å²) in [6, 6.07) is 11.9. The zero-order valence-electron chi connectivity index (χ0n) is 13.6. The van der Waals surface area contributed by atoms with Crippen LogP contribution in [0.25, 0.3) is 16.7 Å². The van der Waals surface area contributed by atoms with Gasteiger partial charge < -0.3 is 5.32 Å². The Morgan fingerprint density at radius 3 is 2.41 bits per heavy atom. The number of para-hydroxylation sites is 1. The molecule has 9 heteroatoms. The van der Waals surface area contributed by atoms with Gasteiger partial charge in [-0.1, -0.05) is 23.7 Å². The molecule has 136 valence electrons. The summed E-state index contributed by atoms with van der Waals surface area (Å²) in [4.78, 5) is 8.42. The molecule has 4 aromatic rings. The summed E-state index contributed by atoms with van der Waals surface area (Å²) in [5, 5.41) is 8.44. The van der Waals surface area contributed by atoms with Gasteiger partial charge in [0.25, 0.3) is 0 Å². The number of benzene rings is 2. The molecule has 0 atom stereocenters. The van der Waals surface area contributed by atoms with Crippen molar-refractivity contribution in [3.05, 3.63) is 71.6 Å². The first-order chi connectivity index (χ1) is 12.9. The fourth-order valence-corrected chi connectivity index (χ4v) is 2.84. The summed E-state index contributed by atoms with van der Waals surface area (Å²) in [6.07, 6.45) is -1.45. The van der Waals surface area contributed by atoms with E-state index < -0.39 is 11.7 Å². The van der Waals surface area contributed by atoms with Gasteiger partial charge in [0, 0.05) is 5.69 Å². The number of nitrogens with one attached hydrogen (secondary N) is 1. The molecule has 27 heavy (non-hydrogen) atoms. The van der Waals surface area contributed by atoms with E-state index in [1.807, 2.05) is 12.1 Å². The molecule has 0 spiro atoms. The van der Waals surface area contributed by atoms with Crippen molar-refractivity contribution in [1.29, 1.82) is 0 Å². The van der Waals surface area contributed by atoms with Crippen LogP contribution in [-0.2, 0) is 6.18 Å². The van der Waals surface area contributed by atoms with Crippen LogP contribution in [0.3, 0.4) is 0 Å². The van der Waals surface area contributed by atoms with Crippen LogP contribution in [0.15, 0.2) is 61.1 Å². The lowest BCUT2D eigenvalue weighted by molar-refractivity contribution is -0.137. The Balaban J connectivity index is 1.71. The van der Waals surface area contributed by atoms with Crippen molar-refractivity contribution in [3.8, 4) is 5.69 Å². The van der Waals surface area contributed by atoms with Gasteiger partial charge in [-0.15, -0.1) is 0 Å². The summed E-state index contributed by atoms with van der Waals surface area (Å²) in [7, 11) is 0. The van der Waals surface area contributed by atoms with E-state index in [9.17, 15) is 13.2 Å². The monoisotopic (exact) mass is 389 g/mol. The smallest absolute Gasteiger partial charge is 0.340 e. The maximum Gasteiger partial charge on any atom is 0.416 e. The van der Waals surface area contributed by atoms with Crippen molar-refractivity contribution in [2.45, 2.75) is 6.18 Å². The van der Waals surface area contributed by atoms with Crippen molar-refractivity contribution in [1.82, 2.24) is 19.7 Å². The van der Waals surface area contributed by atoms with E-state index in [-0.39, 0.29) is 0 Å². The van der Waals surface area contributed by atoms with E-state index in [1.54, 1.807) is 23.0 Å². The molecule has 2 heterocycles. The molecule has 0 aliphatic heterocycles. The maximum atomic E-state index is 12.7. The first kappa shape index (κ1) is 17.3. The molecule has 0 amide bonds. The minimum Gasteiger partial charge on any atom is -0.340 e. The zero-order valence-corrected chi connectivity index (χ0v) is 14.3. The van der Waals surface area contributed by atoms with Crippen molar-refractivity contribution in [2.75, 3.05) is 5.32 Å². The molecule has 5 nitrogen and oxygen atoms in total. The highest BCUT2D eigenvalue weighted by Gasteiger charge is 2.30. The first-order valence-corrected chi connectivity index (χ1v) is 8.19. The maximum absolute atomic E-state index is 12.7. The Kier molecular flexibility index (Phi) is 4.19. The average Bonchev–Trinajstić information content (AvgIpc) is 3.07. The van der Waals surface area contributed by atoms with Gasteiger partial charge in [0.15, 0.2) is 5.65 Å². The summed E-state index contributed by atoms with van der Waals surface area (Å²) >= 11 is 6.23. The first-order valence-electron chi connectivity index (χ1n) is 7.81. The molecule has 1 N–H and O–H groups in total. The lowest BCUT2D eigenvalue weighted by atomic mass is 10.2. The SMILES string of the molecule is FC(F)(F)c1ccc(Nc2ncnc3c2cnn3-c2ccccc2Cl)cc1. The second-order valence-corrected chi connectivity index (χ2v) is 6.07. The predicted octanol–water partition coefficient (Wildman–Crippen LogP) is 5.23. The van der Waals surface area contributed by atoms with Crippen LogP contribution < -0.4 is 5.32 Å². The van der Waals surface area contributed by atoms with E-state index in [0.29, 0.717) is 33.2 Å². The average molecular weight is 390 g/mol. The predicted molar refractivity (Wildman–Crippen MR) is 96.4 cm³/mol. The highest BCUT2D eigenvalue weighted by molar-refractivity contribution is 6.32. The van der Waals surface area contributed by atoms with Gasteiger partial charge in [-0.3, -0.25) is 0 Å². The quantitative estimate of drug-likeness (QED) is 0.521. The number of hydrogen-bond acceptors (Lipinski definition) is 4. The van der Waals surface area contributed by atoms with E-state index >= 15 is 0 Å². The van der Waals surface area contributed by atoms with Crippen molar-refractivity contribution < 1.29 is 13.2 Å². The van der Waals surface area contributed by atoms with Crippen LogP contribution in [-0.4, -0.2) is 19.7 Å². The van der Waals surface area contributed by atoms with Crippen molar-refractivity contribution in [3.63, 3.8) is 0 Å². The van der Waals surface area contributed by atoms with Crippen molar-refractivity contribution in [2.24, 2.45) is 0 Å². The number of hydrogen-bond donors (Lipinski definition) is 1. The molecule has 0 saturated heterocycles. The third-order valence-corrected chi connectivity index (χ3v) is 4.24. The molecule has 2 aromatic heterocycles. The Bertz CT molecular complexity index is 1110. The largest absolute Gasteiger partial charge is 0.416 e. The normalized spacial score (nSPS) is 11.7. The highest BCUT2D eigenvalue weighted by atomic mass is 35.5. The van der Waals surface area contributed by atoms with Crippen LogP contribution in [0.4, 0.5) is 24.7 Å². The zero-order chi connectivity index (χ0) is 19.0. The Morgan fingerprint density at radius 2 is 1.70 bits per heavy atom.